The molecule has 0 atom stereocenters. The van der Waals surface area contributed by atoms with Gasteiger partial charge < -0.3 is 4.74 Å². The van der Waals surface area contributed by atoms with Crippen LogP contribution >= 0.6 is 27.5 Å². The minimum Gasteiger partial charge on any atom is -0.456 e. The van der Waals surface area contributed by atoms with Crippen molar-refractivity contribution in [1.29, 1.82) is 5.26 Å². The van der Waals surface area contributed by atoms with E-state index in [1.165, 1.54) is 11.5 Å². The third-order valence-corrected chi connectivity index (χ3v) is 6.33. The Hall–Kier alpha value is -3.11. The van der Waals surface area contributed by atoms with Crippen LogP contribution < -0.4 is 10.2 Å². The number of carbonyl (C=O) groups excluding carboxylic acids is 1. The normalized spacial score (nSPS) is 10.6. The van der Waals surface area contributed by atoms with Crippen LogP contribution in [-0.4, -0.2) is 25.3 Å². The zero-order chi connectivity index (χ0) is 25.5. The lowest BCUT2D eigenvalue weighted by Gasteiger charge is -2.14. The smallest absolute Gasteiger partial charge is 0.341 e. The van der Waals surface area contributed by atoms with E-state index in [-0.39, 0.29) is 21.0 Å². The Kier molecular flexibility index (Phi) is 9.46. The largest absolute Gasteiger partial charge is 0.456 e. The van der Waals surface area contributed by atoms with Crippen molar-refractivity contribution in [3.05, 3.63) is 87.1 Å². The summed E-state index contributed by atoms with van der Waals surface area (Å²) in [5, 5.41) is 17.1. The summed E-state index contributed by atoms with van der Waals surface area (Å²) >= 11 is 8.57. The SMILES string of the molecule is N#Cc1ccccc1.O=C(NO)c1c(S(=O)(=O)C(F)F)ccc(Oc2cc(F)cc(Cl)c2)c1Br. The average Bonchev–Trinajstić information content (AvgIpc) is 2.79. The highest BCUT2D eigenvalue weighted by atomic mass is 79.9. The van der Waals surface area contributed by atoms with E-state index in [1.54, 1.807) is 12.1 Å². The van der Waals surface area contributed by atoms with E-state index in [2.05, 4.69) is 15.9 Å². The highest BCUT2D eigenvalue weighted by Gasteiger charge is 2.33. The quantitative estimate of drug-likeness (QED) is 0.297. The first-order chi connectivity index (χ1) is 16.0. The molecule has 3 aromatic carbocycles. The van der Waals surface area contributed by atoms with Crippen LogP contribution in [0.3, 0.4) is 0 Å². The summed E-state index contributed by atoms with van der Waals surface area (Å²) in [7, 11) is -5.16. The van der Waals surface area contributed by atoms with Crippen LogP contribution in [0.2, 0.25) is 5.02 Å². The molecule has 0 heterocycles. The molecule has 3 rings (SSSR count). The molecule has 34 heavy (non-hydrogen) atoms. The number of benzene rings is 3. The molecule has 2 N–H and O–H groups in total. The van der Waals surface area contributed by atoms with Gasteiger partial charge in [-0.3, -0.25) is 10.0 Å². The maximum atomic E-state index is 13.4. The van der Waals surface area contributed by atoms with Crippen LogP contribution in [0.15, 0.2) is 70.0 Å². The van der Waals surface area contributed by atoms with Crippen molar-refractivity contribution in [2.24, 2.45) is 0 Å². The third-order valence-electron chi connectivity index (χ3n) is 3.90. The number of nitrogens with zero attached hydrogens (tertiary/aromatic N) is 1. The molecule has 0 radical (unpaired) electrons. The van der Waals surface area contributed by atoms with Gasteiger partial charge in [0.1, 0.15) is 17.3 Å². The van der Waals surface area contributed by atoms with E-state index in [0.717, 1.165) is 18.2 Å². The number of halogens is 5. The molecule has 0 aliphatic carbocycles. The van der Waals surface area contributed by atoms with Crippen molar-refractivity contribution >= 4 is 43.3 Å². The van der Waals surface area contributed by atoms with Gasteiger partial charge in [0.25, 0.3) is 5.91 Å². The molecule has 178 valence electrons. The second kappa shape index (κ2) is 11.8. The van der Waals surface area contributed by atoms with Crippen LogP contribution in [0.4, 0.5) is 13.2 Å². The number of amides is 1. The van der Waals surface area contributed by atoms with Crippen LogP contribution in [0.1, 0.15) is 15.9 Å². The van der Waals surface area contributed by atoms with Crippen molar-refractivity contribution in [3.8, 4) is 17.6 Å². The standard InChI is InChI=1S/C14H8BrClF3NO5S.C7H5N/c15-12-9(25-8-4-6(16)3-7(17)5-8)1-2-10(11(12)13(21)20-22)26(23,24)14(18)19;8-6-7-4-2-1-3-5-7/h1-5,14,22H,(H,20,21);1-5H. The molecule has 0 aromatic heterocycles. The molecule has 0 aliphatic heterocycles. The van der Waals surface area contributed by atoms with Gasteiger partial charge in [0, 0.05) is 11.1 Å². The molecule has 3 aromatic rings. The van der Waals surface area contributed by atoms with Crippen LogP contribution in [0.5, 0.6) is 11.5 Å². The molecular formula is C21H13BrClF3N2O5S. The van der Waals surface area contributed by atoms with Gasteiger partial charge in [-0.05, 0) is 52.3 Å². The first kappa shape index (κ1) is 27.1. The minimum absolute atomic E-state index is 0.00125. The molecule has 13 heteroatoms. The maximum absolute atomic E-state index is 13.4. The van der Waals surface area contributed by atoms with Crippen LogP contribution in [-0.2, 0) is 9.84 Å². The molecule has 0 bridgehead atoms. The Morgan fingerprint density at radius 3 is 2.29 bits per heavy atom. The fraction of sp³-hybridized carbons (Fsp3) is 0.0476. The average molecular weight is 578 g/mol. The predicted octanol–water partition coefficient (Wildman–Crippen LogP) is 5.71. The number of nitriles is 1. The summed E-state index contributed by atoms with van der Waals surface area (Å²) in [5.41, 5.74) is 1.07. The van der Waals surface area contributed by atoms with Gasteiger partial charge in [-0.15, -0.1) is 0 Å². The fourth-order valence-electron chi connectivity index (χ4n) is 2.45. The molecule has 1 amide bonds. The predicted molar refractivity (Wildman–Crippen MR) is 119 cm³/mol. The summed E-state index contributed by atoms with van der Waals surface area (Å²) < 4.78 is 67.5. The highest BCUT2D eigenvalue weighted by Crippen LogP contribution is 2.38. The first-order valence-electron chi connectivity index (χ1n) is 8.89. The monoisotopic (exact) mass is 576 g/mol. The van der Waals surface area contributed by atoms with Crippen LogP contribution in [0, 0.1) is 17.1 Å². The van der Waals surface area contributed by atoms with Gasteiger partial charge in [0.05, 0.1) is 26.6 Å². The number of sulfone groups is 1. The van der Waals surface area contributed by atoms with Gasteiger partial charge in [-0.1, -0.05) is 29.8 Å². The van der Waals surface area contributed by atoms with E-state index in [4.69, 9.17) is 26.8 Å². The Balaban J connectivity index is 0.000000430. The number of hydroxylamine groups is 1. The summed E-state index contributed by atoms with van der Waals surface area (Å²) in [4.78, 5) is 10.8. The Labute approximate surface area is 205 Å². The Bertz CT molecular complexity index is 1320. The summed E-state index contributed by atoms with van der Waals surface area (Å²) in [6.07, 6.45) is 0. The number of alkyl halides is 2. The first-order valence-corrected chi connectivity index (χ1v) is 11.6. The minimum atomic E-state index is -5.16. The molecule has 0 aliphatic rings. The lowest BCUT2D eigenvalue weighted by molar-refractivity contribution is 0.0701. The molecular weight excluding hydrogens is 565 g/mol. The Morgan fingerprint density at radius 1 is 1.15 bits per heavy atom. The fourth-order valence-corrected chi connectivity index (χ4v) is 4.32. The van der Waals surface area contributed by atoms with Crippen molar-refractivity contribution in [2.75, 3.05) is 0 Å². The highest BCUT2D eigenvalue weighted by molar-refractivity contribution is 9.10. The zero-order valence-electron chi connectivity index (χ0n) is 16.7. The van der Waals surface area contributed by atoms with Crippen molar-refractivity contribution in [3.63, 3.8) is 0 Å². The molecule has 0 saturated heterocycles. The number of hydrogen-bond donors (Lipinski definition) is 2. The van der Waals surface area contributed by atoms with Crippen molar-refractivity contribution in [1.82, 2.24) is 5.48 Å². The maximum Gasteiger partial charge on any atom is 0.341 e. The lowest BCUT2D eigenvalue weighted by Crippen LogP contribution is -2.24. The van der Waals surface area contributed by atoms with Crippen molar-refractivity contribution in [2.45, 2.75) is 10.7 Å². The van der Waals surface area contributed by atoms with E-state index in [9.17, 15) is 26.4 Å². The van der Waals surface area contributed by atoms with Gasteiger partial charge >= 0.3 is 5.76 Å². The van der Waals surface area contributed by atoms with E-state index >= 15 is 0 Å². The number of nitrogens with one attached hydrogen (secondary N) is 1. The molecule has 7 nitrogen and oxygen atoms in total. The topological polar surface area (TPSA) is 116 Å². The molecule has 0 unspecified atom stereocenters. The second-order valence-corrected chi connectivity index (χ2v) is 9.30. The van der Waals surface area contributed by atoms with E-state index < -0.39 is 37.8 Å². The van der Waals surface area contributed by atoms with E-state index in [0.29, 0.717) is 11.6 Å². The van der Waals surface area contributed by atoms with Gasteiger partial charge in [0.2, 0.25) is 9.84 Å². The zero-order valence-corrected chi connectivity index (χ0v) is 19.8. The van der Waals surface area contributed by atoms with Gasteiger partial charge in [0.15, 0.2) is 0 Å². The number of carbonyl (C=O) groups is 1. The summed E-state index contributed by atoms with van der Waals surface area (Å²) in [6, 6.07) is 16.0. The van der Waals surface area contributed by atoms with Crippen LogP contribution in [0.25, 0.3) is 0 Å². The number of ether oxygens (including phenoxy) is 1. The molecule has 0 spiro atoms. The van der Waals surface area contributed by atoms with Gasteiger partial charge in [-0.2, -0.15) is 14.0 Å². The second-order valence-electron chi connectivity index (χ2n) is 6.18. The van der Waals surface area contributed by atoms with Crippen molar-refractivity contribution < 1.29 is 36.3 Å². The number of hydrogen-bond acceptors (Lipinski definition) is 6. The summed E-state index contributed by atoms with van der Waals surface area (Å²) in [5.74, 6) is -6.21. The van der Waals surface area contributed by atoms with E-state index in [1.807, 2.05) is 24.3 Å². The third kappa shape index (κ3) is 6.71. The lowest BCUT2D eigenvalue weighted by atomic mass is 10.2. The van der Waals surface area contributed by atoms with Gasteiger partial charge in [-0.25, -0.2) is 18.3 Å². The molecule has 0 saturated carbocycles. The number of rotatable bonds is 5. The molecule has 0 fully saturated rings. The Morgan fingerprint density at radius 2 is 1.79 bits per heavy atom. The summed E-state index contributed by atoms with van der Waals surface area (Å²) in [6.45, 7) is 0.